The third-order valence-corrected chi connectivity index (χ3v) is 5.97. The zero-order valence-electron chi connectivity index (χ0n) is 10.3. The van der Waals surface area contributed by atoms with Gasteiger partial charge in [0.05, 0.1) is 6.10 Å². The molecule has 0 aromatic carbocycles. The number of fused-ring (bicyclic) bond motifs is 1. The second-order valence-corrected chi connectivity index (χ2v) is 7.13. The predicted molar refractivity (Wildman–Crippen MR) is 61.4 cm³/mol. The highest BCUT2D eigenvalue weighted by molar-refractivity contribution is 5.12. The van der Waals surface area contributed by atoms with Gasteiger partial charge in [0, 0.05) is 0 Å². The van der Waals surface area contributed by atoms with E-state index in [2.05, 4.69) is 20.8 Å². The number of hydrogen-bond acceptors (Lipinski definition) is 1. The molecule has 4 bridgehead atoms. The van der Waals surface area contributed by atoms with Gasteiger partial charge in [0.15, 0.2) is 0 Å². The van der Waals surface area contributed by atoms with Crippen LogP contribution in [0.25, 0.3) is 0 Å². The van der Waals surface area contributed by atoms with E-state index in [4.69, 9.17) is 0 Å². The lowest BCUT2D eigenvalue weighted by Crippen LogP contribution is -2.64. The highest BCUT2D eigenvalue weighted by Gasteiger charge is 2.63. The Morgan fingerprint density at radius 1 is 1.20 bits per heavy atom. The van der Waals surface area contributed by atoms with Gasteiger partial charge in [-0.1, -0.05) is 33.6 Å². The van der Waals surface area contributed by atoms with Crippen molar-refractivity contribution in [1.29, 1.82) is 0 Å². The number of hydrogen-bond donors (Lipinski definition) is 1. The van der Waals surface area contributed by atoms with Crippen LogP contribution in [0.3, 0.4) is 0 Å². The van der Waals surface area contributed by atoms with E-state index in [-0.39, 0.29) is 16.9 Å². The van der Waals surface area contributed by atoms with E-state index in [1.165, 1.54) is 32.1 Å². The molecule has 0 aromatic heterocycles. The molecule has 0 amide bonds. The van der Waals surface area contributed by atoms with Crippen LogP contribution in [0.15, 0.2) is 0 Å². The number of aliphatic hydroxyl groups excluding tert-OH is 1. The first kappa shape index (κ1) is 10.1. The summed E-state index contributed by atoms with van der Waals surface area (Å²) >= 11 is 0. The Morgan fingerprint density at radius 3 is 2.67 bits per heavy atom. The molecule has 6 unspecified atom stereocenters. The van der Waals surface area contributed by atoms with Crippen LogP contribution in [0, 0.1) is 28.6 Å². The molecule has 1 N–H and O–H groups in total. The van der Waals surface area contributed by atoms with Crippen molar-refractivity contribution < 1.29 is 5.11 Å². The van der Waals surface area contributed by atoms with Gasteiger partial charge in [-0.3, -0.25) is 0 Å². The van der Waals surface area contributed by atoms with Gasteiger partial charge in [-0.05, 0) is 47.8 Å². The van der Waals surface area contributed by atoms with Gasteiger partial charge >= 0.3 is 0 Å². The van der Waals surface area contributed by atoms with Gasteiger partial charge in [-0.2, -0.15) is 0 Å². The predicted octanol–water partition coefficient (Wildman–Crippen LogP) is 3.22. The van der Waals surface area contributed by atoms with Gasteiger partial charge < -0.3 is 5.11 Å². The first-order valence-corrected chi connectivity index (χ1v) is 6.65. The summed E-state index contributed by atoms with van der Waals surface area (Å²) in [6.45, 7) is 7.12. The molecule has 4 saturated carbocycles. The summed E-state index contributed by atoms with van der Waals surface area (Å²) in [6.07, 6.45) is 6.53. The molecule has 6 atom stereocenters. The minimum atomic E-state index is -0.0391. The van der Waals surface area contributed by atoms with Crippen molar-refractivity contribution in [1.82, 2.24) is 0 Å². The lowest BCUT2D eigenvalue weighted by Gasteiger charge is -2.66. The summed E-state index contributed by atoms with van der Waals surface area (Å²) in [5.41, 5.74) is 0.474. The van der Waals surface area contributed by atoms with Crippen molar-refractivity contribution in [3.8, 4) is 0 Å². The largest absolute Gasteiger partial charge is 0.392 e. The van der Waals surface area contributed by atoms with Gasteiger partial charge in [0.1, 0.15) is 0 Å². The second kappa shape index (κ2) is 2.80. The molecule has 15 heavy (non-hydrogen) atoms. The van der Waals surface area contributed by atoms with Crippen molar-refractivity contribution in [2.45, 2.75) is 59.0 Å². The fraction of sp³-hybridized carbons (Fsp3) is 1.00. The summed E-state index contributed by atoms with van der Waals surface area (Å²) in [7, 11) is 0. The van der Waals surface area contributed by atoms with Gasteiger partial charge in [0.25, 0.3) is 0 Å². The topological polar surface area (TPSA) is 20.2 Å². The average molecular weight is 208 g/mol. The fourth-order valence-corrected chi connectivity index (χ4v) is 5.86. The Bertz CT molecular complexity index is 287. The van der Waals surface area contributed by atoms with Crippen LogP contribution in [0.2, 0.25) is 0 Å². The normalized spacial score (nSPS) is 63.2. The smallest absolute Gasteiger partial charge is 0.0650 e. The molecule has 0 heterocycles. The first-order chi connectivity index (χ1) is 6.97. The van der Waals surface area contributed by atoms with E-state index in [0.717, 1.165) is 17.8 Å². The Hall–Kier alpha value is -0.0400. The Kier molecular flexibility index (Phi) is 1.89. The Morgan fingerprint density at radius 2 is 1.93 bits per heavy atom. The fourth-order valence-electron chi connectivity index (χ4n) is 5.86. The third-order valence-electron chi connectivity index (χ3n) is 5.97. The maximum absolute atomic E-state index is 10.6. The van der Waals surface area contributed by atoms with E-state index in [1.807, 2.05) is 0 Å². The lowest BCUT2D eigenvalue weighted by atomic mass is 9.40. The first-order valence-electron chi connectivity index (χ1n) is 6.65. The minimum Gasteiger partial charge on any atom is -0.392 e. The van der Waals surface area contributed by atoms with Crippen LogP contribution in [-0.2, 0) is 0 Å². The zero-order chi connectivity index (χ0) is 10.8. The van der Waals surface area contributed by atoms with Crippen molar-refractivity contribution in [2.75, 3.05) is 0 Å². The summed E-state index contributed by atoms with van der Waals surface area (Å²) in [4.78, 5) is 0. The number of aliphatic hydroxyl groups is 1. The van der Waals surface area contributed by atoms with Crippen molar-refractivity contribution in [2.24, 2.45) is 28.6 Å². The van der Waals surface area contributed by atoms with E-state index < -0.39 is 0 Å². The maximum Gasteiger partial charge on any atom is 0.0650 e. The van der Waals surface area contributed by atoms with Crippen molar-refractivity contribution in [3.05, 3.63) is 0 Å². The summed E-state index contributed by atoms with van der Waals surface area (Å²) in [6, 6.07) is 0. The Balaban J connectivity index is 2.07. The average Bonchev–Trinajstić information content (AvgIpc) is 2.13. The van der Waals surface area contributed by atoms with E-state index >= 15 is 0 Å². The molecule has 0 radical (unpaired) electrons. The molecule has 4 fully saturated rings. The lowest BCUT2D eigenvalue weighted by molar-refractivity contribution is -0.227. The molecule has 4 aliphatic rings. The van der Waals surface area contributed by atoms with Crippen LogP contribution in [-0.4, -0.2) is 11.2 Å². The number of rotatable bonds is 0. The monoisotopic (exact) mass is 208 g/mol. The molecule has 0 aliphatic heterocycles. The molecule has 1 heteroatoms. The quantitative estimate of drug-likeness (QED) is 0.648. The van der Waals surface area contributed by atoms with Crippen LogP contribution >= 0.6 is 0 Å². The standard InChI is InChI=1S/C14H24O/c1-9-7-13(2)8-10-5-4-6-14(3,11(9)10)12(13)15/h9-12,15H,4-8H2,1-3H3. The summed E-state index contributed by atoms with van der Waals surface area (Å²) in [5.74, 6) is 2.56. The molecule has 4 rings (SSSR count). The van der Waals surface area contributed by atoms with Gasteiger partial charge in [0.2, 0.25) is 0 Å². The molecule has 0 spiro atoms. The van der Waals surface area contributed by atoms with Gasteiger partial charge in [-0.15, -0.1) is 0 Å². The summed E-state index contributed by atoms with van der Waals surface area (Å²) < 4.78 is 0. The van der Waals surface area contributed by atoms with Crippen LogP contribution in [0.5, 0.6) is 0 Å². The zero-order valence-corrected chi connectivity index (χ0v) is 10.3. The van der Waals surface area contributed by atoms with E-state index in [9.17, 15) is 5.11 Å². The SMILES string of the molecule is CC1CC2(C)CC3CCCC(C)(C13)C2O. The second-order valence-electron chi connectivity index (χ2n) is 7.13. The van der Waals surface area contributed by atoms with Gasteiger partial charge in [-0.25, -0.2) is 0 Å². The third kappa shape index (κ3) is 1.08. The van der Waals surface area contributed by atoms with E-state index in [0.29, 0.717) is 0 Å². The summed E-state index contributed by atoms with van der Waals surface area (Å²) in [5, 5.41) is 10.6. The molecule has 0 aromatic rings. The molecule has 1 nitrogen and oxygen atoms in total. The Labute approximate surface area is 93.3 Å². The van der Waals surface area contributed by atoms with Crippen molar-refractivity contribution in [3.63, 3.8) is 0 Å². The molecular formula is C14H24O. The van der Waals surface area contributed by atoms with Crippen LogP contribution < -0.4 is 0 Å². The highest BCUT2D eigenvalue weighted by Crippen LogP contribution is 2.67. The molecule has 0 saturated heterocycles. The van der Waals surface area contributed by atoms with Crippen molar-refractivity contribution >= 4 is 0 Å². The molecule has 86 valence electrons. The minimum absolute atomic E-state index is 0.0391. The molecular weight excluding hydrogens is 184 g/mol. The van der Waals surface area contributed by atoms with E-state index in [1.54, 1.807) is 0 Å². The van der Waals surface area contributed by atoms with Crippen LogP contribution in [0.4, 0.5) is 0 Å². The maximum atomic E-state index is 10.6. The van der Waals surface area contributed by atoms with Crippen LogP contribution in [0.1, 0.15) is 52.9 Å². The molecule has 4 aliphatic carbocycles. The highest BCUT2D eigenvalue weighted by atomic mass is 16.3.